The summed E-state index contributed by atoms with van der Waals surface area (Å²) < 4.78 is 0.150. The predicted molar refractivity (Wildman–Crippen MR) is 75.4 cm³/mol. The van der Waals surface area contributed by atoms with E-state index in [1.54, 1.807) is 4.90 Å². The largest absolute Gasteiger partial charge is 0.481 e. The van der Waals surface area contributed by atoms with E-state index in [1.807, 2.05) is 11.8 Å². The van der Waals surface area contributed by atoms with Gasteiger partial charge in [-0.15, -0.1) is 0 Å². The van der Waals surface area contributed by atoms with E-state index < -0.39 is 11.9 Å². The normalized spacial score (nSPS) is 31.2. The third-order valence-electron chi connectivity index (χ3n) is 3.97. The molecule has 0 aliphatic carbocycles. The third-order valence-corrected chi connectivity index (χ3v) is 5.51. The lowest BCUT2D eigenvalue weighted by Crippen LogP contribution is -2.49. The van der Waals surface area contributed by atoms with Gasteiger partial charge in [-0.05, 0) is 38.4 Å². The molecular weight excluding hydrogens is 264 g/mol. The van der Waals surface area contributed by atoms with Crippen LogP contribution in [0.15, 0.2) is 0 Å². The monoisotopic (exact) mass is 286 g/mol. The Hall–Kier alpha value is -0.910. The Balaban J connectivity index is 1.80. The zero-order valence-corrected chi connectivity index (χ0v) is 12.2. The first-order valence-corrected chi connectivity index (χ1v) is 7.88. The van der Waals surface area contributed by atoms with Gasteiger partial charge >= 0.3 is 12.0 Å². The first-order valence-electron chi connectivity index (χ1n) is 6.90. The quantitative estimate of drug-likeness (QED) is 0.829. The highest BCUT2D eigenvalue weighted by Crippen LogP contribution is 2.37. The number of likely N-dealkylation sites (tertiary alicyclic amines) is 1. The number of piperidine rings is 1. The van der Waals surface area contributed by atoms with Gasteiger partial charge in [0.1, 0.15) is 0 Å². The fourth-order valence-electron chi connectivity index (χ4n) is 2.71. The van der Waals surface area contributed by atoms with Crippen LogP contribution in [0.1, 0.15) is 32.6 Å². The summed E-state index contributed by atoms with van der Waals surface area (Å²) in [7, 11) is 0. The minimum atomic E-state index is -0.796. The number of aliphatic carboxylic acids is 1. The third kappa shape index (κ3) is 3.78. The number of carboxylic acid groups (broad SMARTS) is 1. The van der Waals surface area contributed by atoms with Crippen LogP contribution in [0.4, 0.5) is 4.79 Å². The minimum Gasteiger partial charge on any atom is -0.481 e. The first-order chi connectivity index (χ1) is 9.00. The van der Waals surface area contributed by atoms with E-state index in [0.29, 0.717) is 26.1 Å². The summed E-state index contributed by atoms with van der Waals surface area (Å²) in [5.74, 6) is -0.0382. The molecule has 2 N–H and O–H groups in total. The summed E-state index contributed by atoms with van der Waals surface area (Å²) >= 11 is 1.91. The molecule has 0 aromatic heterocycles. The van der Waals surface area contributed by atoms with Gasteiger partial charge in [0.2, 0.25) is 0 Å². The topological polar surface area (TPSA) is 69.6 Å². The van der Waals surface area contributed by atoms with Crippen molar-refractivity contribution in [3.8, 4) is 0 Å². The number of amides is 2. The molecule has 2 atom stereocenters. The van der Waals surface area contributed by atoms with Gasteiger partial charge in [0, 0.05) is 24.4 Å². The van der Waals surface area contributed by atoms with E-state index in [-0.39, 0.29) is 10.8 Å². The Morgan fingerprint density at radius 1 is 1.47 bits per heavy atom. The van der Waals surface area contributed by atoms with Crippen molar-refractivity contribution in [2.24, 2.45) is 5.92 Å². The Bertz CT molecular complexity index is 356. The number of nitrogens with one attached hydrogen (secondary N) is 1. The zero-order valence-electron chi connectivity index (χ0n) is 11.4. The molecule has 2 aliphatic heterocycles. The summed E-state index contributed by atoms with van der Waals surface area (Å²) in [6, 6.07) is -0.111. The van der Waals surface area contributed by atoms with Crippen molar-refractivity contribution in [3.05, 3.63) is 0 Å². The van der Waals surface area contributed by atoms with Crippen molar-refractivity contribution >= 4 is 23.8 Å². The van der Waals surface area contributed by atoms with Crippen molar-refractivity contribution in [1.82, 2.24) is 10.2 Å². The average molecular weight is 286 g/mol. The molecule has 2 aliphatic rings. The van der Waals surface area contributed by atoms with Crippen LogP contribution < -0.4 is 5.32 Å². The number of thioether (sulfide) groups is 1. The van der Waals surface area contributed by atoms with Crippen molar-refractivity contribution < 1.29 is 14.7 Å². The maximum atomic E-state index is 12.1. The molecular formula is C13H22N2O3S. The fraction of sp³-hybridized carbons (Fsp3) is 0.846. The zero-order chi connectivity index (χ0) is 13.9. The number of nitrogens with zero attached hydrogens (tertiary/aromatic N) is 1. The van der Waals surface area contributed by atoms with Crippen molar-refractivity contribution in [3.63, 3.8) is 0 Å². The molecule has 6 heteroatoms. The smallest absolute Gasteiger partial charge is 0.317 e. The average Bonchev–Trinajstić information content (AvgIpc) is 2.83. The summed E-state index contributed by atoms with van der Waals surface area (Å²) in [4.78, 5) is 24.7. The van der Waals surface area contributed by atoms with Gasteiger partial charge in [0.15, 0.2) is 0 Å². The Kier molecular flexibility index (Phi) is 4.60. The van der Waals surface area contributed by atoms with E-state index >= 15 is 0 Å². The van der Waals surface area contributed by atoms with Gasteiger partial charge in [0.05, 0.1) is 5.92 Å². The van der Waals surface area contributed by atoms with Crippen LogP contribution in [-0.4, -0.2) is 52.1 Å². The van der Waals surface area contributed by atoms with Crippen molar-refractivity contribution in [2.45, 2.75) is 37.4 Å². The Morgan fingerprint density at radius 3 is 2.89 bits per heavy atom. The fourth-order valence-corrected chi connectivity index (χ4v) is 3.96. The second-order valence-electron chi connectivity index (χ2n) is 5.68. The minimum absolute atomic E-state index is 0.111. The maximum Gasteiger partial charge on any atom is 0.317 e. The molecule has 0 bridgehead atoms. The summed E-state index contributed by atoms with van der Waals surface area (Å²) in [5, 5.41) is 12.0. The van der Waals surface area contributed by atoms with Crippen LogP contribution in [0, 0.1) is 5.92 Å². The highest BCUT2D eigenvalue weighted by atomic mass is 32.2. The highest BCUT2D eigenvalue weighted by molar-refractivity contribution is 8.00. The van der Waals surface area contributed by atoms with Crippen molar-refractivity contribution in [2.75, 3.05) is 25.4 Å². The van der Waals surface area contributed by atoms with Crippen LogP contribution in [0.25, 0.3) is 0 Å². The molecule has 0 saturated carbocycles. The number of hydrogen-bond donors (Lipinski definition) is 2. The van der Waals surface area contributed by atoms with E-state index in [1.165, 1.54) is 6.42 Å². The summed E-state index contributed by atoms with van der Waals surface area (Å²) in [6.45, 7) is 3.86. The highest BCUT2D eigenvalue weighted by Gasteiger charge is 2.32. The van der Waals surface area contributed by atoms with E-state index in [4.69, 9.17) is 5.11 Å². The van der Waals surface area contributed by atoms with Gasteiger partial charge in [-0.3, -0.25) is 4.79 Å². The number of carbonyl (C=O) groups is 2. The Morgan fingerprint density at radius 2 is 2.26 bits per heavy atom. The summed E-state index contributed by atoms with van der Waals surface area (Å²) in [5.41, 5.74) is 0. The standard InChI is InChI=1S/C13H22N2O3S/c1-13(5-3-7-19-13)9-14-12(18)15-6-2-4-10(8-15)11(16)17/h10H,2-9H2,1H3,(H,14,18)(H,16,17)/t10-,13?/m0/s1. The van der Waals surface area contributed by atoms with Crippen LogP contribution in [0.2, 0.25) is 0 Å². The molecule has 1 unspecified atom stereocenters. The molecule has 5 nitrogen and oxygen atoms in total. The molecule has 19 heavy (non-hydrogen) atoms. The van der Waals surface area contributed by atoms with Crippen LogP contribution in [-0.2, 0) is 4.79 Å². The number of rotatable bonds is 3. The molecule has 2 saturated heterocycles. The molecule has 2 amide bonds. The maximum absolute atomic E-state index is 12.1. The van der Waals surface area contributed by atoms with Gasteiger partial charge in [0.25, 0.3) is 0 Å². The second-order valence-corrected chi connectivity index (χ2v) is 7.37. The van der Waals surface area contributed by atoms with Gasteiger partial charge in [-0.1, -0.05) is 0 Å². The SMILES string of the molecule is CC1(CNC(=O)N2CCC[C@H](C(=O)O)C2)CCCS1. The molecule has 0 aromatic carbocycles. The molecule has 108 valence electrons. The van der Waals surface area contributed by atoms with Gasteiger partial charge in [-0.25, -0.2) is 4.79 Å². The van der Waals surface area contributed by atoms with E-state index in [2.05, 4.69) is 12.2 Å². The molecule has 2 heterocycles. The molecule has 2 fully saturated rings. The summed E-state index contributed by atoms with van der Waals surface area (Å²) in [6.07, 6.45) is 3.79. The van der Waals surface area contributed by atoms with Gasteiger partial charge in [-0.2, -0.15) is 11.8 Å². The van der Waals surface area contributed by atoms with Crippen LogP contribution in [0.5, 0.6) is 0 Å². The molecule has 0 aromatic rings. The number of hydrogen-bond acceptors (Lipinski definition) is 3. The van der Waals surface area contributed by atoms with Gasteiger partial charge < -0.3 is 15.3 Å². The second kappa shape index (κ2) is 6.03. The molecule has 2 rings (SSSR count). The number of carbonyl (C=O) groups excluding carboxylic acids is 1. The van der Waals surface area contributed by atoms with Crippen LogP contribution >= 0.6 is 11.8 Å². The lowest BCUT2D eigenvalue weighted by molar-refractivity contribution is -0.143. The van der Waals surface area contributed by atoms with E-state index in [0.717, 1.165) is 18.6 Å². The predicted octanol–water partition coefficient (Wildman–Crippen LogP) is 1.78. The number of urea groups is 1. The van der Waals surface area contributed by atoms with E-state index in [9.17, 15) is 9.59 Å². The molecule has 0 spiro atoms. The van der Waals surface area contributed by atoms with Crippen LogP contribution in [0.3, 0.4) is 0 Å². The lowest BCUT2D eigenvalue weighted by atomic mass is 9.99. The lowest BCUT2D eigenvalue weighted by Gasteiger charge is -2.32. The Labute approximate surface area is 118 Å². The van der Waals surface area contributed by atoms with Crippen molar-refractivity contribution in [1.29, 1.82) is 0 Å². The molecule has 0 radical (unpaired) electrons. The first kappa shape index (κ1) is 14.5. The number of carboxylic acids is 1.